The first-order valence-electron chi connectivity index (χ1n) is 3.10. The Morgan fingerprint density at radius 3 is 2.73 bits per heavy atom. The third-order valence-corrected chi connectivity index (χ3v) is 1.35. The Balaban J connectivity index is 3.62. The summed E-state index contributed by atoms with van der Waals surface area (Å²) in [5.41, 5.74) is -0.260. The summed E-state index contributed by atoms with van der Waals surface area (Å²) in [4.78, 5) is 23.7. The Morgan fingerprint density at radius 1 is 1.64 bits per heavy atom. The fraction of sp³-hybridized carbons (Fsp3) is 0.143. The summed E-state index contributed by atoms with van der Waals surface area (Å²) < 4.78 is 1.27. The lowest BCUT2D eigenvalue weighted by Gasteiger charge is -1.99. The second-order valence-electron chi connectivity index (χ2n) is 2.13. The van der Waals surface area contributed by atoms with Gasteiger partial charge in [0, 0.05) is 18.0 Å². The number of aryl methyl sites for hydroxylation is 1. The molecule has 0 saturated heterocycles. The third-order valence-electron chi connectivity index (χ3n) is 1.35. The predicted molar refractivity (Wildman–Crippen MR) is 42.4 cm³/mol. The number of rotatable bonds is 1. The maximum atomic E-state index is 10.9. The topological polar surface area (TPSA) is 54.9 Å². The van der Waals surface area contributed by atoms with Crippen molar-refractivity contribution < 1.29 is 0 Å². The number of H-pyrrole nitrogens is 1. The lowest BCUT2D eigenvalue weighted by molar-refractivity contribution is 0.897. The Kier molecular flexibility index (Phi) is 1.76. The second kappa shape index (κ2) is 2.57. The molecule has 1 aromatic heterocycles. The van der Waals surface area contributed by atoms with Crippen LogP contribution in [-0.2, 0) is 0 Å². The van der Waals surface area contributed by atoms with Crippen molar-refractivity contribution in [2.24, 2.45) is 0 Å². The van der Waals surface area contributed by atoms with Crippen LogP contribution in [0.25, 0.3) is 6.20 Å². The van der Waals surface area contributed by atoms with E-state index in [1.807, 2.05) is 0 Å². The molecule has 0 aliphatic heterocycles. The molecule has 0 amide bonds. The third kappa shape index (κ3) is 1.29. The number of hydrogen-bond donors (Lipinski definition) is 1. The SMILES string of the molecule is C=Cn1c(C)cc(=O)[nH]c1=O. The van der Waals surface area contributed by atoms with Gasteiger partial charge in [-0.15, -0.1) is 0 Å². The molecular formula is C7H8N2O2. The first-order chi connectivity index (χ1) is 5.15. The van der Waals surface area contributed by atoms with Crippen molar-refractivity contribution in [2.75, 3.05) is 0 Å². The van der Waals surface area contributed by atoms with Crippen LogP contribution in [0, 0.1) is 6.92 Å². The number of hydrogen-bond acceptors (Lipinski definition) is 2. The predicted octanol–water partition coefficient (Wildman–Crippen LogP) is -0.0545. The molecule has 0 saturated carbocycles. The summed E-state index contributed by atoms with van der Waals surface area (Å²) in [6.07, 6.45) is 1.35. The molecule has 0 bridgehead atoms. The summed E-state index contributed by atoms with van der Waals surface area (Å²) in [6, 6.07) is 1.34. The average Bonchev–Trinajstić information content (AvgIpc) is 1.85. The molecule has 1 aromatic rings. The first-order valence-corrected chi connectivity index (χ1v) is 3.10. The van der Waals surface area contributed by atoms with Gasteiger partial charge >= 0.3 is 5.69 Å². The van der Waals surface area contributed by atoms with E-state index in [9.17, 15) is 9.59 Å². The van der Waals surface area contributed by atoms with Crippen LogP contribution < -0.4 is 11.2 Å². The zero-order valence-corrected chi connectivity index (χ0v) is 6.13. The van der Waals surface area contributed by atoms with Crippen LogP contribution in [-0.4, -0.2) is 9.55 Å². The van der Waals surface area contributed by atoms with Crippen molar-refractivity contribution in [1.29, 1.82) is 0 Å². The van der Waals surface area contributed by atoms with Gasteiger partial charge < -0.3 is 0 Å². The number of aromatic nitrogens is 2. The van der Waals surface area contributed by atoms with E-state index in [1.54, 1.807) is 6.92 Å². The van der Waals surface area contributed by atoms with E-state index in [2.05, 4.69) is 11.6 Å². The van der Waals surface area contributed by atoms with Gasteiger partial charge in [0.05, 0.1) is 0 Å². The smallest absolute Gasteiger partial charge is 0.274 e. The molecule has 4 nitrogen and oxygen atoms in total. The Bertz CT molecular complexity index is 386. The lowest BCUT2D eigenvalue weighted by atomic mass is 10.4. The van der Waals surface area contributed by atoms with Gasteiger partial charge in [-0.1, -0.05) is 6.58 Å². The zero-order valence-electron chi connectivity index (χ0n) is 6.13. The number of nitrogens with one attached hydrogen (secondary N) is 1. The molecule has 0 aliphatic carbocycles. The van der Waals surface area contributed by atoms with Crippen LogP contribution >= 0.6 is 0 Å². The highest BCUT2D eigenvalue weighted by atomic mass is 16.2. The van der Waals surface area contributed by atoms with E-state index in [-0.39, 0.29) is 5.56 Å². The van der Waals surface area contributed by atoms with E-state index in [0.717, 1.165) is 0 Å². The fourth-order valence-corrected chi connectivity index (χ4v) is 0.848. The van der Waals surface area contributed by atoms with Gasteiger partial charge in [-0.3, -0.25) is 14.3 Å². The number of aromatic amines is 1. The minimum atomic E-state index is -0.454. The molecule has 4 heteroatoms. The van der Waals surface area contributed by atoms with Crippen LogP contribution in [0.5, 0.6) is 0 Å². The minimum absolute atomic E-state index is 0.384. The normalized spacial score (nSPS) is 9.55. The molecule has 1 N–H and O–H groups in total. The molecule has 1 heterocycles. The highest BCUT2D eigenvalue weighted by Gasteiger charge is 1.95. The average molecular weight is 152 g/mol. The van der Waals surface area contributed by atoms with Gasteiger partial charge in [-0.2, -0.15) is 0 Å². The number of nitrogens with zero attached hydrogens (tertiary/aromatic N) is 1. The molecule has 0 radical (unpaired) electrons. The van der Waals surface area contributed by atoms with Crippen molar-refractivity contribution in [1.82, 2.24) is 9.55 Å². The van der Waals surface area contributed by atoms with Crippen LogP contribution in [0.2, 0.25) is 0 Å². The van der Waals surface area contributed by atoms with Crippen LogP contribution in [0.1, 0.15) is 5.69 Å². The molecule has 0 spiro atoms. The highest BCUT2D eigenvalue weighted by molar-refractivity contribution is 5.20. The summed E-state index contributed by atoms with van der Waals surface area (Å²) in [6.45, 7) is 5.09. The van der Waals surface area contributed by atoms with Crippen LogP contribution in [0.3, 0.4) is 0 Å². The van der Waals surface area contributed by atoms with E-state index in [4.69, 9.17) is 0 Å². The monoisotopic (exact) mass is 152 g/mol. The van der Waals surface area contributed by atoms with Gasteiger partial charge in [0.1, 0.15) is 0 Å². The molecule has 58 valence electrons. The van der Waals surface area contributed by atoms with Crippen molar-refractivity contribution in [3.63, 3.8) is 0 Å². The van der Waals surface area contributed by atoms with Crippen LogP contribution in [0.4, 0.5) is 0 Å². The Labute approximate surface area is 62.8 Å². The van der Waals surface area contributed by atoms with Crippen molar-refractivity contribution in [3.8, 4) is 0 Å². The summed E-state index contributed by atoms with van der Waals surface area (Å²) in [5, 5.41) is 0. The standard InChI is InChI=1S/C7H8N2O2/c1-3-9-5(2)4-6(10)8-7(9)11/h3-4H,1H2,2H3,(H,8,10,11). The molecule has 0 atom stereocenters. The zero-order chi connectivity index (χ0) is 8.43. The first kappa shape index (κ1) is 7.53. The van der Waals surface area contributed by atoms with Gasteiger partial charge in [-0.05, 0) is 6.92 Å². The molecule has 11 heavy (non-hydrogen) atoms. The molecule has 1 rings (SSSR count). The molecule has 0 unspecified atom stereocenters. The van der Waals surface area contributed by atoms with Gasteiger partial charge in [0.25, 0.3) is 5.56 Å². The fourth-order valence-electron chi connectivity index (χ4n) is 0.848. The van der Waals surface area contributed by atoms with Gasteiger partial charge in [0.2, 0.25) is 0 Å². The van der Waals surface area contributed by atoms with Gasteiger partial charge in [0.15, 0.2) is 0 Å². The highest BCUT2D eigenvalue weighted by Crippen LogP contribution is 1.86. The van der Waals surface area contributed by atoms with E-state index in [0.29, 0.717) is 5.69 Å². The van der Waals surface area contributed by atoms with Crippen molar-refractivity contribution in [2.45, 2.75) is 6.92 Å². The van der Waals surface area contributed by atoms with E-state index >= 15 is 0 Å². The van der Waals surface area contributed by atoms with Crippen LogP contribution in [0.15, 0.2) is 22.2 Å². The van der Waals surface area contributed by atoms with Crippen molar-refractivity contribution >= 4 is 6.20 Å². The largest absolute Gasteiger partial charge is 0.332 e. The van der Waals surface area contributed by atoms with Gasteiger partial charge in [-0.25, -0.2) is 4.79 Å². The maximum Gasteiger partial charge on any atom is 0.332 e. The second-order valence-corrected chi connectivity index (χ2v) is 2.13. The molecule has 0 aromatic carbocycles. The molecular weight excluding hydrogens is 144 g/mol. The molecule has 0 fully saturated rings. The molecule has 0 aliphatic rings. The quantitative estimate of drug-likeness (QED) is 0.613. The van der Waals surface area contributed by atoms with E-state index in [1.165, 1.54) is 16.8 Å². The van der Waals surface area contributed by atoms with E-state index < -0.39 is 5.69 Å². The lowest BCUT2D eigenvalue weighted by Crippen LogP contribution is -2.28. The van der Waals surface area contributed by atoms with Crippen molar-refractivity contribution in [3.05, 3.63) is 39.2 Å². The Hall–Kier alpha value is -1.58. The maximum absolute atomic E-state index is 10.9. The summed E-state index contributed by atoms with van der Waals surface area (Å²) >= 11 is 0. The Morgan fingerprint density at radius 2 is 2.27 bits per heavy atom. The summed E-state index contributed by atoms with van der Waals surface area (Å²) in [5.74, 6) is 0. The minimum Gasteiger partial charge on any atom is -0.274 e. The summed E-state index contributed by atoms with van der Waals surface area (Å²) in [7, 11) is 0.